The molecule has 1 fully saturated rings. The molecule has 0 aromatic carbocycles. The van der Waals surface area contributed by atoms with Crippen LogP contribution in [0.15, 0.2) is 24.5 Å². The third-order valence-electron chi connectivity index (χ3n) is 3.54. The normalized spacial score (nSPS) is 15.1. The lowest BCUT2D eigenvalue weighted by atomic mass is 10.2. The van der Waals surface area contributed by atoms with Gasteiger partial charge < -0.3 is 15.4 Å². The van der Waals surface area contributed by atoms with Gasteiger partial charge in [0.1, 0.15) is 6.10 Å². The van der Waals surface area contributed by atoms with Gasteiger partial charge in [0.05, 0.1) is 6.61 Å². The zero-order valence-corrected chi connectivity index (χ0v) is 12.9. The van der Waals surface area contributed by atoms with Gasteiger partial charge in [-0.15, -0.1) is 0 Å². The minimum absolute atomic E-state index is 0.0938. The van der Waals surface area contributed by atoms with Crippen LogP contribution in [0.3, 0.4) is 0 Å². The molecule has 0 spiro atoms. The van der Waals surface area contributed by atoms with Gasteiger partial charge in [-0.05, 0) is 43.4 Å². The van der Waals surface area contributed by atoms with E-state index in [1.165, 1.54) is 12.8 Å². The molecular formula is C16H23N3O3. The molecule has 1 aliphatic rings. The summed E-state index contributed by atoms with van der Waals surface area (Å²) in [5.41, 5.74) is 0.995. The SMILES string of the molecule is C[C@@H](OCC1CC1)C(=O)NCCC(=O)NCc1ccncc1. The van der Waals surface area contributed by atoms with E-state index in [2.05, 4.69) is 15.6 Å². The van der Waals surface area contributed by atoms with Gasteiger partial charge in [0.2, 0.25) is 11.8 Å². The predicted octanol–water partition coefficient (Wildman–Crippen LogP) is 1.02. The first-order valence-corrected chi connectivity index (χ1v) is 7.70. The summed E-state index contributed by atoms with van der Waals surface area (Å²) in [6.45, 7) is 3.18. The smallest absolute Gasteiger partial charge is 0.248 e. The lowest BCUT2D eigenvalue weighted by Crippen LogP contribution is -2.37. The number of pyridine rings is 1. The summed E-state index contributed by atoms with van der Waals surface area (Å²) < 4.78 is 5.47. The molecule has 2 amide bonds. The van der Waals surface area contributed by atoms with Crippen LogP contribution in [-0.2, 0) is 20.9 Å². The standard InChI is InChI=1S/C16H23N3O3/c1-12(22-11-14-2-3-14)16(21)18-9-6-15(20)19-10-13-4-7-17-8-5-13/h4-5,7-8,12,14H,2-3,6,9-11H2,1H3,(H,18,21)(H,19,20)/t12-/m1/s1. The summed E-state index contributed by atoms with van der Waals surface area (Å²) in [6.07, 6.45) is 5.57. The highest BCUT2D eigenvalue weighted by Crippen LogP contribution is 2.29. The molecule has 22 heavy (non-hydrogen) atoms. The first-order chi connectivity index (χ1) is 10.6. The Morgan fingerprint density at radius 3 is 2.73 bits per heavy atom. The van der Waals surface area contributed by atoms with E-state index >= 15 is 0 Å². The Bertz CT molecular complexity index is 489. The summed E-state index contributed by atoms with van der Waals surface area (Å²) in [7, 11) is 0. The van der Waals surface area contributed by atoms with Crippen LogP contribution in [-0.4, -0.2) is 36.1 Å². The zero-order chi connectivity index (χ0) is 15.8. The third-order valence-corrected chi connectivity index (χ3v) is 3.54. The number of aromatic nitrogens is 1. The second kappa shape index (κ2) is 8.48. The quantitative estimate of drug-likeness (QED) is 0.714. The fourth-order valence-corrected chi connectivity index (χ4v) is 1.87. The van der Waals surface area contributed by atoms with E-state index in [9.17, 15) is 9.59 Å². The fraction of sp³-hybridized carbons (Fsp3) is 0.562. The Balaban J connectivity index is 1.54. The number of ether oxygens (including phenoxy) is 1. The van der Waals surface area contributed by atoms with Gasteiger partial charge in [0.15, 0.2) is 0 Å². The number of hydrogen-bond acceptors (Lipinski definition) is 4. The van der Waals surface area contributed by atoms with Crippen LogP contribution in [0.1, 0.15) is 31.7 Å². The molecule has 1 saturated carbocycles. The molecule has 1 atom stereocenters. The van der Waals surface area contributed by atoms with Gasteiger partial charge in [-0.2, -0.15) is 0 Å². The van der Waals surface area contributed by atoms with E-state index in [-0.39, 0.29) is 18.2 Å². The fourth-order valence-electron chi connectivity index (χ4n) is 1.87. The van der Waals surface area contributed by atoms with Gasteiger partial charge in [-0.1, -0.05) is 0 Å². The van der Waals surface area contributed by atoms with Crippen LogP contribution in [0, 0.1) is 5.92 Å². The molecule has 1 aromatic rings. The lowest BCUT2D eigenvalue weighted by Gasteiger charge is -2.13. The maximum atomic E-state index is 11.8. The van der Waals surface area contributed by atoms with Crippen molar-refractivity contribution in [3.05, 3.63) is 30.1 Å². The zero-order valence-electron chi connectivity index (χ0n) is 12.9. The molecule has 6 heteroatoms. The first-order valence-electron chi connectivity index (χ1n) is 7.70. The van der Waals surface area contributed by atoms with Crippen molar-refractivity contribution in [2.75, 3.05) is 13.2 Å². The molecular weight excluding hydrogens is 282 g/mol. The van der Waals surface area contributed by atoms with Crippen LogP contribution in [0.25, 0.3) is 0 Å². The highest BCUT2D eigenvalue weighted by molar-refractivity contribution is 5.81. The summed E-state index contributed by atoms with van der Waals surface area (Å²) >= 11 is 0. The second-order valence-electron chi connectivity index (χ2n) is 5.59. The van der Waals surface area contributed by atoms with E-state index in [4.69, 9.17) is 4.74 Å². The Kier molecular flexibility index (Phi) is 6.33. The van der Waals surface area contributed by atoms with Gasteiger partial charge >= 0.3 is 0 Å². The number of nitrogens with one attached hydrogen (secondary N) is 2. The molecule has 0 radical (unpaired) electrons. The van der Waals surface area contributed by atoms with Crippen LogP contribution in [0.2, 0.25) is 0 Å². The number of carbonyl (C=O) groups excluding carboxylic acids is 2. The Morgan fingerprint density at radius 2 is 2.05 bits per heavy atom. The van der Waals surface area contributed by atoms with Crippen LogP contribution in [0.4, 0.5) is 0 Å². The van der Waals surface area contributed by atoms with Crippen LogP contribution < -0.4 is 10.6 Å². The molecule has 120 valence electrons. The van der Waals surface area contributed by atoms with Crippen molar-refractivity contribution >= 4 is 11.8 Å². The maximum absolute atomic E-state index is 11.8. The van der Waals surface area contributed by atoms with E-state index in [0.717, 1.165) is 5.56 Å². The van der Waals surface area contributed by atoms with Crippen molar-refractivity contribution in [1.29, 1.82) is 0 Å². The minimum atomic E-state index is -0.458. The van der Waals surface area contributed by atoms with Gasteiger partial charge in [0.25, 0.3) is 0 Å². The largest absolute Gasteiger partial charge is 0.368 e. The second-order valence-corrected chi connectivity index (χ2v) is 5.59. The summed E-state index contributed by atoms with van der Waals surface area (Å²) in [6, 6.07) is 3.70. The molecule has 1 heterocycles. The predicted molar refractivity (Wildman–Crippen MR) is 81.8 cm³/mol. The van der Waals surface area contributed by atoms with Gasteiger partial charge in [-0.25, -0.2) is 0 Å². The van der Waals surface area contributed by atoms with Crippen LogP contribution >= 0.6 is 0 Å². The lowest BCUT2D eigenvalue weighted by molar-refractivity contribution is -0.132. The molecule has 0 saturated heterocycles. The Labute approximate surface area is 130 Å². The Morgan fingerprint density at radius 1 is 1.32 bits per heavy atom. The highest BCUT2D eigenvalue weighted by Gasteiger charge is 2.23. The number of amides is 2. The molecule has 0 bridgehead atoms. The maximum Gasteiger partial charge on any atom is 0.248 e. The topological polar surface area (TPSA) is 80.3 Å². The number of hydrogen-bond donors (Lipinski definition) is 2. The molecule has 2 rings (SSSR count). The average Bonchev–Trinajstić information content (AvgIpc) is 3.35. The molecule has 1 aromatic heterocycles. The average molecular weight is 305 g/mol. The molecule has 2 N–H and O–H groups in total. The molecule has 1 aliphatic carbocycles. The minimum Gasteiger partial charge on any atom is -0.368 e. The molecule has 0 unspecified atom stereocenters. The van der Waals surface area contributed by atoms with Crippen molar-refractivity contribution in [3.8, 4) is 0 Å². The van der Waals surface area contributed by atoms with Crippen molar-refractivity contribution < 1.29 is 14.3 Å². The van der Waals surface area contributed by atoms with Crippen molar-refractivity contribution in [2.45, 2.75) is 38.8 Å². The summed E-state index contributed by atoms with van der Waals surface area (Å²) in [5.74, 6) is 0.375. The number of rotatable bonds is 9. The van der Waals surface area contributed by atoms with Crippen molar-refractivity contribution in [2.24, 2.45) is 5.92 Å². The van der Waals surface area contributed by atoms with Crippen molar-refractivity contribution in [1.82, 2.24) is 15.6 Å². The number of carbonyl (C=O) groups is 2. The summed E-state index contributed by atoms with van der Waals surface area (Å²) in [4.78, 5) is 27.4. The van der Waals surface area contributed by atoms with Gasteiger partial charge in [-0.3, -0.25) is 14.6 Å². The summed E-state index contributed by atoms with van der Waals surface area (Å²) in [5, 5.41) is 5.52. The monoisotopic (exact) mass is 305 g/mol. The number of nitrogens with zero attached hydrogens (tertiary/aromatic N) is 1. The van der Waals surface area contributed by atoms with Crippen LogP contribution in [0.5, 0.6) is 0 Å². The molecule has 0 aliphatic heterocycles. The highest BCUT2D eigenvalue weighted by atomic mass is 16.5. The van der Waals surface area contributed by atoms with E-state index in [1.807, 2.05) is 12.1 Å². The van der Waals surface area contributed by atoms with Crippen molar-refractivity contribution in [3.63, 3.8) is 0 Å². The molecule has 6 nitrogen and oxygen atoms in total. The Hall–Kier alpha value is -1.95. The first kappa shape index (κ1) is 16.4. The van der Waals surface area contributed by atoms with E-state index in [1.54, 1.807) is 19.3 Å². The van der Waals surface area contributed by atoms with E-state index in [0.29, 0.717) is 25.6 Å². The van der Waals surface area contributed by atoms with Gasteiger partial charge in [0, 0.05) is 31.9 Å². The third kappa shape index (κ3) is 6.22. The van der Waals surface area contributed by atoms with E-state index < -0.39 is 6.10 Å².